The minimum atomic E-state index is -4.17. The summed E-state index contributed by atoms with van der Waals surface area (Å²) in [7, 11) is -4.17. The van der Waals surface area contributed by atoms with Gasteiger partial charge in [-0.2, -0.15) is 13.5 Å². The summed E-state index contributed by atoms with van der Waals surface area (Å²) < 4.78 is 32.2. The van der Waals surface area contributed by atoms with Crippen molar-refractivity contribution in [2.45, 2.75) is 71.2 Å². The van der Waals surface area contributed by atoms with Gasteiger partial charge in [0.15, 0.2) is 11.3 Å². The van der Waals surface area contributed by atoms with Gasteiger partial charge in [0.1, 0.15) is 11.7 Å². The van der Waals surface area contributed by atoms with Gasteiger partial charge >= 0.3 is 0 Å². The lowest BCUT2D eigenvalue weighted by Crippen LogP contribution is -2.38. The maximum atomic E-state index is 13.9. The Kier molecular flexibility index (Phi) is 12.7. The van der Waals surface area contributed by atoms with Crippen molar-refractivity contribution in [3.8, 4) is 0 Å². The molecule has 2 aromatic carbocycles. The summed E-state index contributed by atoms with van der Waals surface area (Å²) in [6.45, 7) is 11.4. The molecular weight excluding hydrogens is 598 g/mol. The Morgan fingerprint density at radius 2 is 1.50 bits per heavy atom. The normalized spacial score (nSPS) is 13.0. The number of carbonyl (C=O) groups excluding carboxylic acids is 2. The van der Waals surface area contributed by atoms with Crippen LogP contribution in [0.3, 0.4) is 0 Å². The van der Waals surface area contributed by atoms with E-state index in [0.29, 0.717) is 42.6 Å². The number of aryl methyl sites for hydroxylation is 1. The van der Waals surface area contributed by atoms with Gasteiger partial charge in [-0.15, -0.1) is 16.0 Å². The van der Waals surface area contributed by atoms with Crippen molar-refractivity contribution in [3.05, 3.63) is 83.0 Å². The molecule has 0 aliphatic heterocycles. The number of carbonyl (C=O) groups is 2. The molecule has 1 unspecified atom stereocenters. The van der Waals surface area contributed by atoms with Crippen molar-refractivity contribution in [1.82, 2.24) is 14.7 Å². The molecular formula is C33H44ClN5O4S. The van der Waals surface area contributed by atoms with E-state index in [2.05, 4.69) is 37.2 Å². The number of halogens is 1. The third-order valence-corrected chi connectivity index (χ3v) is 8.80. The molecule has 9 nitrogen and oxygen atoms in total. The van der Waals surface area contributed by atoms with Crippen LogP contribution in [-0.4, -0.2) is 53.8 Å². The quantitative estimate of drug-likeness (QED) is 0.122. The number of nitrogens with zero attached hydrogens (tertiary/aromatic N) is 4. The zero-order valence-corrected chi connectivity index (χ0v) is 27.8. The molecule has 2 N–H and O–H groups in total. The number of nitrogens with two attached hydrogens (primary N) is 1. The van der Waals surface area contributed by atoms with Crippen LogP contribution >= 0.6 is 11.6 Å². The van der Waals surface area contributed by atoms with E-state index in [9.17, 15) is 18.0 Å². The number of Topliss-reactive ketones (excluding diaryl/α,β-unsaturated/α-hetero) is 1. The lowest BCUT2D eigenvalue weighted by atomic mass is 10.00. The maximum absolute atomic E-state index is 13.9. The number of ketones is 1. The molecule has 0 saturated heterocycles. The highest BCUT2D eigenvalue weighted by Gasteiger charge is 2.26. The van der Waals surface area contributed by atoms with Gasteiger partial charge in [-0.1, -0.05) is 45.4 Å². The maximum Gasteiger partial charge on any atom is 0.284 e. The van der Waals surface area contributed by atoms with E-state index >= 15 is 0 Å². The molecule has 1 aromatic heterocycles. The van der Waals surface area contributed by atoms with E-state index in [-0.39, 0.29) is 40.1 Å². The molecule has 1 heterocycles. The lowest BCUT2D eigenvalue weighted by Gasteiger charge is -2.25. The molecule has 3 rings (SSSR count). The van der Waals surface area contributed by atoms with Crippen LogP contribution in [0.5, 0.6) is 0 Å². The zero-order chi connectivity index (χ0) is 32.4. The molecule has 0 bridgehead atoms. The summed E-state index contributed by atoms with van der Waals surface area (Å²) >= 11 is 6.05. The number of amides is 1. The summed E-state index contributed by atoms with van der Waals surface area (Å²) in [6.07, 6.45) is 2.33. The number of hydrogen-bond acceptors (Lipinski definition) is 6. The summed E-state index contributed by atoms with van der Waals surface area (Å²) in [5.74, 6) is 0.458. The molecule has 0 saturated carbocycles. The highest BCUT2D eigenvalue weighted by atomic mass is 35.5. The van der Waals surface area contributed by atoms with Crippen molar-refractivity contribution >= 4 is 39.0 Å². The van der Waals surface area contributed by atoms with Gasteiger partial charge in [-0.3, -0.25) is 9.59 Å². The number of sulfonamides is 1. The van der Waals surface area contributed by atoms with E-state index in [1.165, 1.54) is 28.9 Å². The van der Waals surface area contributed by atoms with Crippen molar-refractivity contribution in [2.24, 2.45) is 16.2 Å². The van der Waals surface area contributed by atoms with Gasteiger partial charge < -0.3 is 10.6 Å². The Morgan fingerprint density at radius 3 is 2.05 bits per heavy atom. The van der Waals surface area contributed by atoms with Crippen molar-refractivity contribution in [3.63, 3.8) is 0 Å². The van der Waals surface area contributed by atoms with Crippen LogP contribution < -0.4 is 11.2 Å². The minimum Gasteiger partial charge on any atom is -0.399 e. The predicted molar refractivity (Wildman–Crippen MR) is 175 cm³/mol. The van der Waals surface area contributed by atoms with Gasteiger partial charge in [0, 0.05) is 30.2 Å². The van der Waals surface area contributed by atoms with Crippen molar-refractivity contribution < 1.29 is 18.0 Å². The number of anilines is 1. The van der Waals surface area contributed by atoms with E-state index in [1.807, 2.05) is 6.92 Å². The molecule has 44 heavy (non-hydrogen) atoms. The minimum absolute atomic E-state index is 0.00511. The highest BCUT2D eigenvalue weighted by Crippen LogP contribution is 2.21. The van der Waals surface area contributed by atoms with E-state index in [0.717, 1.165) is 18.4 Å². The Hall–Kier alpha value is -3.50. The van der Waals surface area contributed by atoms with Gasteiger partial charge in [0.25, 0.3) is 15.9 Å². The first-order valence-electron chi connectivity index (χ1n) is 15.0. The fourth-order valence-corrected chi connectivity index (χ4v) is 5.64. The first-order chi connectivity index (χ1) is 20.8. The molecule has 0 spiro atoms. The Morgan fingerprint density at radius 1 is 0.909 bits per heavy atom. The van der Waals surface area contributed by atoms with Crippen molar-refractivity contribution in [1.29, 1.82) is 0 Å². The third-order valence-electron chi connectivity index (χ3n) is 7.24. The van der Waals surface area contributed by atoms with E-state index in [4.69, 9.17) is 17.3 Å². The third kappa shape index (κ3) is 9.75. The van der Waals surface area contributed by atoms with Crippen LogP contribution in [-0.2, 0) is 10.0 Å². The Labute approximate surface area is 266 Å². The summed E-state index contributed by atoms with van der Waals surface area (Å²) in [5.41, 5.74) is 7.65. The number of nitrogen functional groups attached to an aromatic ring is 1. The highest BCUT2D eigenvalue weighted by molar-refractivity contribution is 7.90. The molecule has 0 aliphatic rings. The van der Waals surface area contributed by atoms with Crippen molar-refractivity contribution in [2.75, 3.05) is 24.7 Å². The molecule has 0 aliphatic carbocycles. The second-order valence-corrected chi connectivity index (χ2v) is 13.9. The second kappa shape index (κ2) is 16.0. The molecule has 3 aromatic rings. The molecule has 0 radical (unpaired) electrons. The lowest BCUT2D eigenvalue weighted by molar-refractivity contribution is 0.0727. The number of rotatable bonds is 15. The summed E-state index contributed by atoms with van der Waals surface area (Å²) in [6, 6.07) is 14.8. The molecule has 1 amide bonds. The number of alkyl halides is 1. The van der Waals surface area contributed by atoms with Gasteiger partial charge in [0.2, 0.25) is 0 Å². The van der Waals surface area contributed by atoms with E-state index < -0.39 is 16.1 Å². The smallest absolute Gasteiger partial charge is 0.284 e. The fraction of sp³-hybridized carbons (Fsp3) is 0.455. The van der Waals surface area contributed by atoms with Gasteiger partial charge in [-0.05, 0) is 93.0 Å². The van der Waals surface area contributed by atoms with Crippen LogP contribution in [0.1, 0.15) is 85.8 Å². The SMILES string of the molecule is Cc1ccc(S(=O)(=O)/N=c2\ccc(C(=O)N(CCC(C)C)CCC(C)C)nn2C(CCCCl)C(=O)c2ccc(N)cc2)cc1. The number of hydrogen-bond donors (Lipinski definition) is 1. The second-order valence-electron chi connectivity index (χ2n) is 11.9. The monoisotopic (exact) mass is 641 g/mol. The van der Waals surface area contributed by atoms with Crippen LogP contribution in [0.2, 0.25) is 0 Å². The average molecular weight is 642 g/mol. The fourth-order valence-electron chi connectivity index (χ4n) is 4.51. The molecule has 1 atom stereocenters. The summed E-state index contributed by atoms with van der Waals surface area (Å²) in [5, 5.41) is 4.64. The first kappa shape index (κ1) is 35.0. The van der Waals surface area contributed by atoms with Crippen LogP contribution in [0.4, 0.5) is 5.69 Å². The Bertz CT molecular complexity index is 1570. The van der Waals surface area contributed by atoms with Crippen LogP contribution in [0, 0.1) is 18.8 Å². The molecule has 238 valence electrons. The first-order valence-corrected chi connectivity index (χ1v) is 17.0. The standard InChI is InChI=1S/C33H44ClN5O4S/c1-23(2)18-21-38(22-19-24(3)4)33(41)29-16-17-31(37-44(42,43)28-14-8-25(5)9-15-28)39(36-29)30(7-6-20-34)32(40)26-10-12-27(35)13-11-26/h8-17,23-24,30H,6-7,18-22,35H2,1-5H3/b37-31+. The Balaban J connectivity index is 2.21. The number of benzene rings is 2. The topological polar surface area (TPSA) is 128 Å². The predicted octanol–water partition coefficient (Wildman–Crippen LogP) is 6.04. The molecule has 11 heteroatoms. The molecule has 0 fully saturated rings. The average Bonchev–Trinajstić information content (AvgIpc) is 2.97. The van der Waals surface area contributed by atoms with Crippen LogP contribution in [0.15, 0.2) is 70.0 Å². The zero-order valence-electron chi connectivity index (χ0n) is 26.2. The van der Waals surface area contributed by atoms with Crippen LogP contribution in [0.25, 0.3) is 0 Å². The summed E-state index contributed by atoms with van der Waals surface area (Å²) in [4.78, 5) is 29.6. The van der Waals surface area contributed by atoms with Gasteiger partial charge in [-0.25, -0.2) is 4.68 Å². The largest absolute Gasteiger partial charge is 0.399 e. The van der Waals surface area contributed by atoms with Gasteiger partial charge in [0.05, 0.1) is 4.90 Å². The number of aromatic nitrogens is 2. The van der Waals surface area contributed by atoms with E-state index in [1.54, 1.807) is 41.3 Å².